The van der Waals surface area contributed by atoms with E-state index in [0.29, 0.717) is 0 Å². The first-order chi connectivity index (χ1) is 7.06. The lowest BCUT2D eigenvalue weighted by molar-refractivity contribution is -0.0527. The Morgan fingerprint density at radius 2 is 2.07 bits per heavy atom. The van der Waals surface area contributed by atoms with Crippen molar-refractivity contribution < 1.29 is 27.4 Å². The highest BCUT2D eigenvalue weighted by Crippen LogP contribution is 2.24. The summed E-state index contributed by atoms with van der Waals surface area (Å²) in [6, 6.07) is 3.23. The highest BCUT2D eigenvalue weighted by Gasteiger charge is 2.19. The van der Waals surface area contributed by atoms with Crippen LogP contribution in [0.25, 0.3) is 0 Å². The molecule has 3 nitrogen and oxygen atoms in total. The van der Waals surface area contributed by atoms with Crippen LogP contribution in [-0.4, -0.2) is 19.7 Å². The van der Waals surface area contributed by atoms with Gasteiger partial charge in [0, 0.05) is 0 Å². The van der Waals surface area contributed by atoms with E-state index >= 15 is 0 Å². The fraction of sp³-hybridized carbons (Fsp3) is 0.222. The van der Waals surface area contributed by atoms with E-state index in [9.17, 15) is 18.0 Å². The number of carbonyl (C=O) groups excluding carboxylic acids is 1. The summed E-state index contributed by atoms with van der Waals surface area (Å²) < 4.78 is 45.0. The van der Waals surface area contributed by atoms with Gasteiger partial charge < -0.3 is 9.47 Å². The number of carbonyl (C=O) groups is 1. The Morgan fingerprint density at radius 3 is 2.60 bits per heavy atom. The van der Waals surface area contributed by atoms with Gasteiger partial charge in [0.25, 0.3) is 0 Å². The van der Waals surface area contributed by atoms with Crippen molar-refractivity contribution >= 4 is 5.97 Å². The number of alkyl halides is 2. The van der Waals surface area contributed by atoms with Crippen molar-refractivity contribution in [2.24, 2.45) is 0 Å². The van der Waals surface area contributed by atoms with Crippen LogP contribution >= 0.6 is 0 Å². The van der Waals surface area contributed by atoms with Crippen molar-refractivity contribution in [3.63, 3.8) is 0 Å². The molecule has 1 rings (SSSR count). The summed E-state index contributed by atoms with van der Waals surface area (Å²) in [6.45, 7) is -3.20. The standard InChI is InChI=1S/C9H7F3O3/c1-14-8(13)5-3-2-4-6(10)7(5)15-9(11)12/h2-4,9H,1H3. The minimum atomic E-state index is -3.20. The van der Waals surface area contributed by atoms with Crippen LogP contribution in [0.5, 0.6) is 5.75 Å². The Hall–Kier alpha value is -1.72. The molecule has 0 atom stereocenters. The average Bonchev–Trinajstić information content (AvgIpc) is 2.19. The zero-order valence-corrected chi connectivity index (χ0v) is 7.67. The number of esters is 1. The molecule has 15 heavy (non-hydrogen) atoms. The minimum Gasteiger partial charge on any atom is -0.465 e. The van der Waals surface area contributed by atoms with E-state index in [2.05, 4.69) is 9.47 Å². The van der Waals surface area contributed by atoms with Gasteiger partial charge in [-0.05, 0) is 12.1 Å². The first-order valence-electron chi connectivity index (χ1n) is 3.88. The Balaban J connectivity index is 3.14. The molecule has 0 amide bonds. The van der Waals surface area contributed by atoms with Gasteiger partial charge in [0.15, 0.2) is 11.6 Å². The second kappa shape index (κ2) is 4.68. The van der Waals surface area contributed by atoms with Crippen LogP contribution < -0.4 is 4.74 Å². The fourth-order valence-corrected chi connectivity index (χ4v) is 0.988. The van der Waals surface area contributed by atoms with Crippen molar-refractivity contribution in [2.45, 2.75) is 6.61 Å². The third-order valence-electron chi connectivity index (χ3n) is 1.58. The van der Waals surface area contributed by atoms with Crippen LogP contribution in [0, 0.1) is 5.82 Å². The van der Waals surface area contributed by atoms with Crippen molar-refractivity contribution in [1.82, 2.24) is 0 Å². The summed E-state index contributed by atoms with van der Waals surface area (Å²) in [5, 5.41) is 0. The number of benzene rings is 1. The van der Waals surface area contributed by atoms with E-state index in [0.717, 1.165) is 19.2 Å². The van der Waals surface area contributed by atoms with Gasteiger partial charge in [-0.25, -0.2) is 9.18 Å². The van der Waals surface area contributed by atoms with Gasteiger partial charge in [-0.1, -0.05) is 6.07 Å². The molecule has 0 radical (unpaired) electrons. The third-order valence-corrected chi connectivity index (χ3v) is 1.58. The lowest BCUT2D eigenvalue weighted by Gasteiger charge is -2.09. The van der Waals surface area contributed by atoms with Crippen molar-refractivity contribution in [2.75, 3.05) is 7.11 Å². The lowest BCUT2D eigenvalue weighted by Crippen LogP contribution is -2.10. The largest absolute Gasteiger partial charge is 0.465 e. The molecular formula is C9H7F3O3. The number of hydrogen-bond donors (Lipinski definition) is 0. The molecule has 6 heteroatoms. The van der Waals surface area contributed by atoms with Gasteiger partial charge in [0.05, 0.1) is 7.11 Å². The van der Waals surface area contributed by atoms with E-state index in [1.807, 2.05) is 0 Å². The van der Waals surface area contributed by atoms with Crippen LogP contribution in [0.4, 0.5) is 13.2 Å². The number of halogens is 3. The van der Waals surface area contributed by atoms with Gasteiger partial charge >= 0.3 is 12.6 Å². The highest BCUT2D eigenvalue weighted by molar-refractivity contribution is 5.92. The summed E-state index contributed by atoms with van der Waals surface area (Å²) in [6.07, 6.45) is 0. The van der Waals surface area contributed by atoms with Gasteiger partial charge in [0.1, 0.15) is 5.56 Å². The molecule has 1 aromatic rings. The minimum absolute atomic E-state index is 0.377. The summed E-state index contributed by atoms with van der Waals surface area (Å²) in [5.74, 6) is -2.79. The number of rotatable bonds is 3. The third kappa shape index (κ3) is 2.61. The number of para-hydroxylation sites is 1. The molecule has 0 fully saturated rings. The smallest absolute Gasteiger partial charge is 0.387 e. The molecule has 0 saturated heterocycles. The van der Waals surface area contributed by atoms with E-state index in [4.69, 9.17) is 0 Å². The van der Waals surface area contributed by atoms with Crippen LogP contribution in [0.1, 0.15) is 10.4 Å². The quantitative estimate of drug-likeness (QED) is 0.732. The Kier molecular flexibility index (Phi) is 3.54. The molecule has 82 valence electrons. The zero-order chi connectivity index (χ0) is 11.4. The fourth-order valence-electron chi connectivity index (χ4n) is 0.988. The first kappa shape index (κ1) is 11.4. The molecule has 0 bridgehead atoms. The maximum atomic E-state index is 13.0. The molecule has 0 heterocycles. The van der Waals surface area contributed by atoms with E-state index in [1.165, 1.54) is 6.07 Å². The molecule has 0 aliphatic heterocycles. The maximum Gasteiger partial charge on any atom is 0.387 e. The molecular weight excluding hydrogens is 213 g/mol. The molecule has 0 unspecified atom stereocenters. The Morgan fingerprint density at radius 1 is 1.40 bits per heavy atom. The summed E-state index contributed by atoms with van der Waals surface area (Å²) in [7, 11) is 1.05. The topological polar surface area (TPSA) is 35.5 Å². The zero-order valence-electron chi connectivity index (χ0n) is 7.67. The van der Waals surface area contributed by atoms with E-state index < -0.39 is 24.1 Å². The van der Waals surface area contributed by atoms with Gasteiger partial charge in [0.2, 0.25) is 0 Å². The Labute approximate surface area is 83.4 Å². The summed E-state index contributed by atoms with van der Waals surface area (Å²) >= 11 is 0. The van der Waals surface area contributed by atoms with E-state index in [1.54, 1.807) is 0 Å². The predicted octanol–water partition coefficient (Wildman–Crippen LogP) is 2.21. The van der Waals surface area contributed by atoms with Crippen molar-refractivity contribution in [3.05, 3.63) is 29.6 Å². The molecule has 0 N–H and O–H groups in total. The SMILES string of the molecule is COC(=O)c1cccc(F)c1OC(F)F. The van der Waals surface area contributed by atoms with Gasteiger partial charge in [-0.15, -0.1) is 0 Å². The molecule has 0 spiro atoms. The van der Waals surface area contributed by atoms with Crippen LogP contribution in [0.3, 0.4) is 0 Å². The first-order valence-corrected chi connectivity index (χ1v) is 3.88. The molecule has 0 saturated carbocycles. The molecule has 0 aromatic heterocycles. The Bertz CT molecular complexity index is 366. The number of hydrogen-bond acceptors (Lipinski definition) is 3. The second-order valence-electron chi connectivity index (χ2n) is 2.49. The molecule has 1 aromatic carbocycles. The average molecular weight is 220 g/mol. The van der Waals surface area contributed by atoms with Crippen LogP contribution in [-0.2, 0) is 4.74 Å². The maximum absolute atomic E-state index is 13.0. The number of ether oxygens (including phenoxy) is 2. The molecule has 0 aliphatic carbocycles. The van der Waals surface area contributed by atoms with Crippen LogP contribution in [0.15, 0.2) is 18.2 Å². The second-order valence-corrected chi connectivity index (χ2v) is 2.49. The predicted molar refractivity (Wildman–Crippen MR) is 44.4 cm³/mol. The lowest BCUT2D eigenvalue weighted by atomic mass is 10.2. The van der Waals surface area contributed by atoms with Gasteiger partial charge in [-0.3, -0.25) is 0 Å². The van der Waals surface area contributed by atoms with Crippen molar-refractivity contribution in [1.29, 1.82) is 0 Å². The highest BCUT2D eigenvalue weighted by atomic mass is 19.3. The number of methoxy groups -OCH3 is 1. The van der Waals surface area contributed by atoms with Crippen LogP contribution in [0.2, 0.25) is 0 Å². The molecule has 0 aliphatic rings. The van der Waals surface area contributed by atoms with Gasteiger partial charge in [-0.2, -0.15) is 8.78 Å². The monoisotopic (exact) mass is 220 g/mol. The summed E-state index contributed by atoms with van der Waals surface area (Å²) in [5.41, 5.74) is -0.377. The normalized spacial score (nSPS) is 10.2. The van der Waals surface area contributed by atoms with Crippen molar-refractivity contribution in [3.8, 4) is 5.75 Å². The van der Waals surface area contributed by atoms with E-state index in [-0.39, 0.29) is 5.56 Å². The summed E-state index contributed by atoms with van der Waals surface area (Å²) in [4.78, 5) is 11.1.